The highest BCUT2D eigenvalue weighted by Crippen LogP contribution is 2.40. The molecule has 1 saturated heterocycles. The van der Waals surface area contributed by atoms with E-state index in [9.17, 15) is 14.7 Å². The van der Waals surface area contributed by atoms with E-state index in [0.717, 1.165) is 54.5 Å². The van der Waals surface area contributed by atoms with Crippen LogP contribution in [0.2, 0.25) is 0 Å². The molecule has 33 heavy (non-hydrogen) atoms. The molecule has 0 radical (unpaired) electrons. The van der Waals surface area contributed by atoms with Crippen LogP contribution in [0, 0.1) is 0 Å². The molecule has 0 saturated carbocycles. The minimum absolute atomic E-state index is 0. The Labute approximate surface area is 197 Å². The number of rotatable bonds is 3. The molecule has 0 spiro atoms. The van der Waals surface area contributed by atoms with Crippen molar-refractivity contribution in [3.63, 3.8) is 0 Å². The van der Waals surface area contributed by atoms with Crippen LogP contribution in [0.15, 0.2) is 23.0 Å². The number of hydrogen-bond donors (Lipinski definition) is 3. The quantitative estimate of drug-likeness (QED) is 0.492. The number of nitrogens with zero attached hydrogens (tertiary/aromatic N) is 2. The van der Waals surface area contributed by atoms with Gasteiger partial charge in [0.25, 0.3) is 5.56 Å². The van der Waals surface area contributed by atoms with Gasteiger partial charge in [0.2, 0.25) is 5.75 Å². The van der Waals surface area contributed by atoms with E-state index in [0.29, 0.717) is 17.7 Å². The Morgan fingerprint density at radius 3 is 2.61 bits per heavy atom. The Balaban J connectivity index is 0.00000259. The molecule has 0 atom stereocenters. The number of aromatic nitrogens is 2. The predicted octanol–water partition coefficient (Wildman–Crippen LogP) is 4.19. The molecule has 3 aromatic rings. The lowest BCUT2D eigenvalue weighted by atomic mass is 9.99. The molecule has 1 aliphatic heterocycles. The molecule has 1 aliphatic carbocycles. The number of piperidine rings is 1. The third-order valence-electron chi connectivity index (χ3n) is 6.78. The maximum atomic E-state index is 12.5. The molecule has 176 valence electrons. The number of ether oxygens (including phenoxy) is 1. The third kappa shape index (κ3) is 4.20. The van der Waals surface area contributed by atoms with E-state index < -0.39 is 23.2 Å². The Morgan fingerprint density at radius 1 is 1.12 bits per heavy atom. The summed E-state index contributed by atoms with van der Waals surface area (Å²) >= 11 is 0. The first-order valence-corrected chi connectivity index (χ1v) is 11.1. The highest BCUT2D eigenvalue weighted by Gasteiger charge is 2.25. The molecule has 8 nitrogen and oxygen atoms in total. The van der Waals surface area contributed by atoms with Gasteiger partial charge >= 0.3 is 6.16 Å². The van der Waals surface area contributed by atoms with Gasteiger partial charge in [-0.05, 0) is 69.0 Å². The zero-order valence-corrected chi connectivity index (χ0v) is 19.3. The van der Waals surface area contributed by atoms with Crippen LogP contribution in [-0.4, -0.2) is 43.9 Å². The van der Waals surface area contributed by atoms with E-state index in [-0.39, 0.29) is 12.4 Å². The molecular formula is C24H28ClN3O5. The van der Waals surface area contributed by atoms with Crippen molar-refractivity contribution in [3.8, 4) is 22.8 Å². The second-order valence-corrected chi connectivity index (χ2v) is 8.81. The van der Waals surface area contributed by atoms with Crippen LogP contribution in [0.25, 0.3) is 22.2 Å². The van der Waals surface area contributed by atoms with Gasteiger partial charge in [-0.15, -0.1) is 12.4 Å². The van der Waals surface area contributed by atoms with Crippen molar-refractivity contribution in [2.75, 3.05) is 13.1 Å². The molecule has 0 amide bonds. The van der Waals surface area contributed by atoms with Crippen LogP contribution in [-0.2, 0) is 26.4 Å². The Kier molecular flexibility index (Phi) is 6.41. The minimum Gasteiger partial charge on any atom is -0.504 e. The molecule has 3 heterocycles. The average Bonchev–Trinajstić information content (AvgIpc) is 2.95. The number of halogens is 1. The maximum absolute atomic E-state index is 12.5. The summed E-state index contributed by atoms with van der Waals surface area (Å²) < 4.78 is 6.80. The number of H-pyrrole nitrogens is 1. The van der Waals surface area contributed by atoms with Crippen molar-refractivity contribution < 1.29 is 19.7 Å². The van der Waals surface area contributed by atoms with Gasteiger partial charge in [0.05, 0.1) is 5.69 Å². The summed E-state index contributed by atoms with van der Waals surface area (Å²) in [5.41, 5.74) is 4.68. The summed E-state index contributed by atoms with van der Waals surface area (Å²) in [7, 11) is 2.10. The highest BCUT2D eigenvalue weighted by molar-refractivity contribution is 5.89. The number of benzene rings is 1. The zero-order chi connectivity index (χ0) is 22.4. The van der Waals surface area contributed by atoms with Gasteiger partial charge in [0.1, 0.15) is 0 Å². The van der Waals surface area contributed by atoms with Gasteiger partial charge in [-0.25, -0.2) is 4.79 Å². The van der Waals surface area contributed by atoms with Gasteiger partial charge in [-0.2, -0.15) is 0 Å². The second-order valence-electron chi connectivity index (χ2n) is 8.81. The van der Waals surface area contributed by atoms with E-state index >= 15 is 0 Å². The number of nitrogens with one attached hydrogen (secondary N) is 1. The monoisotopic (exact) mass is 473 g/mol. The molecule has 2 aromatic heterocycles. The third-order valence-corrected chi connectivity index (χ3v) is 6.78. The fourth-order valence-corrected chi connectivity index (χ4v) is 5.14. The first kappa shape index (κ1) is 23.2. The Hall–Kier alpha value is -2.97. The number of hydrogen-bond acceptors (Lipinski definition) is 5. The number of carbonyl (C=O) groups is 1. The smallest absolute Gasteiger partial charge is 0.504 e. The molecule has 1 aromatic carbocycles. The lowest BCUT2D eigenvalue weighted by molar-refractivity contribution is 0.142. The zero-order valence-electron chi connectivity index (χ0n) is 18.5. The minimum atomic E-state index is -1.63. The fourth-order valence-electron chi connectivity index (χ4n) is 5.14. The number of fused-ring (bicyclic) bond motifs is 4. The average molecular weight is 474 g/mol. The number of aromatic amines is 1. The van der Waals surface area contributed by atoms with Crippen LogP contribution < -0.4 is 10.3 Å². The Morgan fingerprint density at radius 2 is 1.88 bits per heavy atom. The summed E-state index contributed by atoms with van der Waals surface area (Å²) in [5.74, 6) is -0.956. The van der Waals surface area contributed by atoms with Crippen LogP contribution in [0.4, 0.5) is 4.79 Å². The molecule has 5 rings (SSSR count). The largest absolute Gasteiger partial charge is 0.511 e. The summed E-state index contributed by atoms with van der Waals surface area (Å²) in [6.45, 7) is 3.18. The molecular weight excluding hydrogens is 446 g/mol. The molecule has 2 aliphatic rings. The fraction of sp³-hybridized carbons (Fsp3) is 0.417. The van der Waals surface area contributed by atoms with Crippen LogP contribution in [0.1, 0.15) is 42.5 Å². The Bertz CT molecular complexity index is 1270. The van der Waals surface area contributed by atoms with Crippen molar-refractivity contribution >= 4 is 29.5 Å². The van der Waals surface area contributed by atoms with Crippen molar-refractivity contribution in [2.45, 2.75) is 45.1 Å². The van der Waals surface area contributed by atoms with Gasteiger partial charge < -0.3 is 24.5 Å². The summed E-state index contributed by atoms with van der Waals surface area (Å²) in [4.78, 5) is 28.7. The lowest BCUT2D eigenvalue weighted by Crippen LogP contribution is -2.29. The summed E-state index contributed by atoms with van der Waals surface area (Å²) in [6, 6.07) is 6.45. The predicted molar refractivity (Wildman–Crippen MR) is 128 cm³/mol. The van der Waals surface area contributed by atoms with Crippen molar-refractivity contribution in [3.05, 3.63) is 45.4 Å². The normalized spacial score (nSPS) is 15.9. The van der Waals surface area contributed by atoms with Crippen molar-refractivity contribution in [1.82, 2.24) is 14.5 Å². The number of pyridine rings is 1. The SMILES string of the molecule is Cl.Cn1c(CN2CCCCC2)cc2cc3c(cc21)CCCc1c-3[nH]c(=O)c(OC(=O)O)c1O. The van der Waals surface area contributed by atoms with E-state index in [1.165, 1.54) is 25.0 Å². The van der Waals surface area contributed by atoms with E-state index in [1.807, 2.05) is 0 Å². The maximum Gasteiger partial charge on any atom is 0.511 e. The summed E-state index contributed by atoms with van der Waals surface area (Å²) in [5, 5.41) is 20.6. The van der Waals surface area contributed by atoms with Crippen LogP contribution >= 0.6 is 12.4 Å². The van der Waals surface area contributed by atoms with Crippen LogP contribution in [0.5, 0.6) is 11.5 Å². The van der Waals surface area contributed by atoms with E-state index in [2.05, 4.69) is 44.4 Å². The summed E-state index contributed by atoms with van der Waals surface area (Å²) in [6.07, 6.45) is 4.25. The van der Waals surface area contributed by atoms with Crippen LogP contribution in [0.3, 0.4) is 0 Å². The van der Waals surface area contributed by atoms with E-state index in [1.54, 1.807) is 0 Å². The topological polar surface area (TPSA) is 108 Å². The first-order valence-electron chi connectivity index (χ1n) is 11.1. The first-order chi connectivity index (χ1) is 15.4. The van der Waals surface area contributed by atoms with Gasteiger partial charge in [0.15, 0.2) is 5.75 Å². The van der Waals surface area contributed by atoms with Gasteiger partial charge in [0, 0.05) is 41.3 Å². The second kappa shape index (κ2) is 9.11. The lowest BCUT2D eigenvalue weighted by Gasteiger charge is -2.26. The molecule has 1 fully saturated rings. The van der Waals surface area contributed by atoms with Crippen molar-refractivity contribution in [2.24, 2.45) is 7.05 Å². The molecule has 9 heteroatoms. The number of carboxylic acid groups (broad SMARTS) is 1. The number of aromatic hydroxyl groups is 1. The molecule has 0 bridgehead atoms. The highest BCUT2D eigenvalue weighted by atomic mass is 35.5. The standard InChI is InChI=1S/C24H27N3O5.ClH/c1-26-16(13-27-8-3-2-4-9-27)10-15-11-18-14(12-19(15)26)6-5-7-17-20(18)25-23(29)22(21(17)28)32-24(30)31;/h10-12H,2-9,13H2,1H3,(H,30,31)(H2,25,28,29);1H. The molecule has 0 unspecified atom stereocenters. The molecule has 3 N–H and O–H groups in total. The van der Waals surface area contributed by atoms with Crippen molar-refractivity contribution in [1.29, 1.82) is 0 Å². The number of likely N-dealkylation sites (tertiary alicyclic amines) is 1. The van der Waals surface area contributed by atoms with Gasteiger partial charge in [-0.3, -0.25) is 9.69 Å². The van der Waals surface area contributed by atoms with Gasteiger partial charge in [-0.1, -0.05) is 6.42 Å². The van der Waals surface area contributed by atoms with E-state index in [4.69, 9.17) is 5.11 Å². The number of aryl methyl sites for hydroxylation is 2.